The van der Waals surface area contributed by atoms with E-state index in [0.29, 0.717) is 24.0 Å². The molecule has 1 N–H and O–H groups in total. The minimum atomic E-state index is -0.0737. The Morgan fingerprint density at radius 1 is 1.12 bits per heavy atom. The minimum absolute atomic E-state index is 0. The second-order valence-corrected chi connectivity index (χ2v) is 8.29. The third-order valence-corrected chi connectivity index (χ3v) is 5.96. The van der Waals surface area contributed by atoms with Crippen LogP contribution < -0.4 is 5.32 Å². The number of nitrogens with one attached hydrogen (secondary N) is 1. The van der Waals surface area contributed by atoms with Gasteiger partial charge in [0.15, 0.2) is 0 Å². The number of rotatable bonds is 5. The largest absolute Gasteiger partial charge is 0.353 e. The fourth-order valence-electron chi connectivity index (χ4n) is 4.42. The number of carbonyl (C=O) groups is 1. The Morgan fingerprint density at radius 3 is 2.20 bits per heavy atom. The van der Waals surface area contributed by atoms with Crippen LogP contribution in [0.3, 0.4) is 0 Å². The summed E-state index contributed by atoms with van der Waals surface area (Å²) in [6, 6.07) is 10.3. The van der Waals surface area contributed by atoms with Crippen molar-refractivity contribution >= 4 is 18.3 Å². The quantitative estimate of drug-likeness (QED) is 0.851. The summed E-state index contributed by atoms with van der Waals surface area (Å²) in [6.45, 7) is 6.49. The first-order chi connectivity index (χ1) is 11.4. The van der Waals surface area contributed by atoms with E-state index >= 15 is 0 Å². The average Bonchev–Trinajstić information content (AvgIpc) is 2.75. The number of benzene rings is 1. The van der Waals surface area contributed by atoms with Gasteiger partial charge in [-0.1, -0.05) is 38.1 Å². The van der Waals surface area contributed by atoms with Crippen LogP contribution >= 0.6 is 12.4 Å². The average molecular weight is 365 g/mol. The molecule has 1 amide bonds. The van der Waals surface area contributed by atoms with Crippen LogP contribution in [0.5, 0.6) is 0 Å². The molecule has 2 aliphatic heterocycles. The van der Waals surface area contributed by atoms with E-state index in [1.54, 1.807) is 0 Å². The van der Waals surface area contributed by atoms with Gasteiger partial charge in [0.05, 0.1) is 5.92 Å². The molecule has 0 spiro atoms. The first-order valence-corrected chi connectivity index (χ1v) is 9.55. The molecule has 4 heteroatoms. The van der Waals surface area contributed by atoms with Gasteiger partial charge in [-0.15, -0.1) is 12.4 Å². The van der Waals surface area contributed by atoms with Gasteiger partial charge < -0.3 is 10.2 Å². The van der Waals surface area contributed by atoms with Crippen molar-refractivity contribution in [1.29, 1.82) is 0 Å². The van der Waals surface area contributed by atoms with Gasteiger partial charge >= 0.3 is 0 Å². The molecule has 2 saturated heterocycles. The zero-order valence-corrected chi connectivity index (χ0v) is 16.8. The second kappa shape index (κ2) is 8.55. The number of nitrogens with zero attached hydrogens (tertiary/aromatic N) is 1. The van der Waals surface area contributed by atoms with Gasteiger partial charge in [-0.3, -0.25) is 4.79 Å². The zero-order chi connectivity index (χ0) is 17.3. The summed E-state index contributed by atoms with van der Waals surface area (Å²) in [5, 5.41) is 3.32. The standard InChI is InChI=1S/C21H32N2O.ClH/c1-14(2)11-16-5-7-17(8-6-16)15(3)21(24)22-18-12-19-9-10-20(13-18)23(19)4;/h5-8,14-15,18-20H,9-13H2,1-4H3,(H,22,24);1H/t15-,18-,19-,20+;/m1./s1. The Hall–Kier alpha value is -1.06. The molecule has 0 saturated carbocycles. The Balaban J connectivity index is 0.00000225. The lowest BCUT2D eigenvalue weighted by molar-refractivity contribution is -0.123. The van der Waals surface area contributed by atoms with Crippen LogP contribution in [0.25, 0.3) is 0 Å². The predicted molar refractivity (Wildman–Crippen MR) is 106 cm³/mol. The van der Waals surface area contributed by atoms with Crippen molar-refractivity contribution in [1.82, 2.24) is 10.2 Å². The Labute approximate surface area is 159 Å². The molecule has 0 radical (unpaired) electrons. The summed E-state index contributed by atoms with van der Waals surface area (Å²) in [4.78, 5) is 15.2. The third-order valence-electron chi connectivity index (χ3n) is 5.96. The van der Waals surface area contributed by atoms with Crippen molar-refractivity contribution < 1.29 is 4.79 Å². The number of carbonyl (C=O) groups excluding carboxylic acids is 1. The van der Waals surface area contributed by atoms with Gasteiger partial charge in [0.2, 0.25) is 5.91 Å². The molecule has 25 heavy (non-hydrogen) atoms. The third kappa shape index (κ3) is 4.77. The second-order valence-electron chi connectivity index (χ2n) is 8.29. The molecule has 3 rings (SSSR count). The summed E-state index contributed by atoms with van der Waals surface area (Å²) in [7, 11) is 2.24. The topological polar surface area (TPSA) is 32.3 Å². The maximum absolute atomic E-state index is 12.7. The van der Waals surface area contributed by atoms with Gasteiger partial charge in [0.25, 0.3) is 0 Å². The molecule has 2 bridgehead atoms. The molecule has 1 aromatic rings. The van der Waals surface area contributed by atoms with Crippen molar-refractivity contribution in [3.8, 4) is 0 Å². The number of fused-ring (bicyclic) bond motifs is 2. The molecule has 2 aliphatic rings. The van der Waals surface area contributed by atoms with Gasteiger partial charge in [-0.2, -0.15) is 0 Å². The number of piperidine rings is 1. The summed E-state index contributed by atoms with van der Waals surface area (Å²) in [6.07, 6.45) is 5.90. The van der Waals surface area contributed by atoms with Crippen LogP contribution in [0.4, 0.5) is 0 Å². The van der Waals surface area contributed by atoms with E-state index in [1.165, 1.54) is 18.4 Å². The summed E-state index contributed by atoms with van der Waals surface area (Å²) in [5.41, 5.74) is 2.48. The van der Waals surface area contributed by atoms with E-state index in [0.717, 1.165) is 24.8 Å². The highest BCUT2D eigenvalue weighted by molar-refractivity contribution is 5.85. The van der Waals surface area contributed by atoms with Crippen molar-refractivity contribution in [2.24, 2.45) is 5.92 Å². The highest BCUT2D eigenvalue weighted by Gasteiger charge is 2.39. The molecule has 0 aliphatic carbocycles. The molecule has 3 nitrogen and oxygen atoms in total. The Morgan fingerprint density at radius 2 is 1.68 bits per heavy atom. The summed E-state index contributed by atoms with van der Waals surface area (Å²) in [5.74, 6) is 0.771. The first-order valence-electron chi connectivity index (χ1n) is 9.55. The van der Waals surface area contributed by atoms with E-state index in [-0.39, 0.29) is 24.2 Å². The van der Waals surface area contributed by atoms with E-state index < -0.39 is 0 Å². The normalized spacial score (nSPS) is 27.0. The molecule has 2 fully saturated rings. The van der Waals surface area contributed by atoms with E-state index in [9.17, 15) is 4.79 Å². The molecular formula is C21H33ClN2O. The molecule has 0 aromatic heterocycles. The van der Waals surface area contributed by atoms with Crippen LogP contribution in [0.15, 0.2) is 24.3 Å². The van der Waals surface area contributed by atoms with Crippen molar-refractivity contribution in [2.75, 3.05) is 7.05 Å². The molecule has 4 atom stereocenters. The molecule has 140 valence electrons. The SMILES string of the molecule is CC(C)Cc1ccc([C@@H](C)C(=O)N[C@@H]2C[C@H]3CC[C@@H](C2)N3C)cc1.Cl. The van der Waals surface area contributed by atoms with Gasteiger partial charge in [0.1, 0.15) is 0 Å². The van der Waals surface area contributed by atoms with Crippen LogP contribution in [-0.4, -0.2) is 36.0 Å². The van der Waals surface area contributed by atoms with Crippen molar-refractivity contribution in [3.05, 3.63) is 35.4 Å². The van der Waals surface area contributed by atoms with Crippen LogP contribution in [0.1, 0.15) is 63.5 Å². The van der Waals surface area contributed by atoms with Crippen LogP contribution in [0.2, 0.25) is 0 Å². The monoisotopic (exact) mass is 364 g/mol. The van der Waals surface area contributed by atoms with Gasteiger partial charge in [-0.25, -0.2) is 0 Å². The molecule has 2 heterocycles. The molecular weight excluding hydrogens is 332 g/mol. The van der Waals surface area contributed by atoms with E-state index in [2.05, 4.69) is 55.4 Å². The van der Waals surface area contributed by atoms with Crippen molar-refractivity contribution in [2.45, 2.75) is 76.9 Å². The first kappa shape index (κ1) is 20.3. The predicted octanol–water partition coefficient (Wildman–Crippen LogP) is 4.15. The fourth-order valence-corrected chi connectivity index (χ4v) is 4.42. The zero-order valence-electron chi connectivity index (χ0n) is 16.0. The molecule has 1 aromatic carbocycles. The highest BCUT2D eigenvalue weighted by atomic mass is 35.5. The van der Waals surface area contributed by atoms with Gasteiger partial charge in [-0.05, 0) is 63.1 Å². The lowest BCUT2D eigenvalue weighted by Gasteiger charge is -2.37. The minimum Gasteiger partial charge on any atom is -0.353 e. The summed E-state index contributed by atoms with van der Waals surface area (Å²) >= 11 is 0. The number of amides is 1. The van der Waals surface area contributed by atoms with Crippen LogP contribution in [-0.2, 0) is 11.2 Å². The maximum Gasteiger partial charge on any atom is 0.227 e. The van der Waals surface area contributed by atoms with E-state index in [4.69, 9.17) is 0 Å². The molecule has 0 unspecified atom stereocenters. The maximum atomic E-state index is 12.7. The smallest absolute Gasteiger partial charge is 0.227 e. The summed E-state index contributed by atoms with van der Waals surface area (Å²) < 4.78 is 0. The fraction of sp³-hybridized carbons (Fsp3) is 0.667. The lowest BCUT2D eigenvalue weighted by atomic mass is 9.94. The van der Waals surface area contributed by atoms with E-state index in [1.807, 2.05) is 6.92 Å². The number of hydrogen-bond donors (Lipinski definition) is 1. The number of hydrogen-bond acceptors (Lipinski definition) is 2. The lowest BCUT2D eigenvalue weighted by Crippen LogP contribution is -2.49. The highest BCUT2D eigenvalue weighted by Crippen LogP contribution is 2.34. The Bertz CT molecular complexity index is 558. The van der Waals surface area contributed by atoms with Crippen LogP contribution in [0, 0.1) is 5.92 Å². The Kier molecular flexibility index (Phi) is 6.93. The van der Waals surface area contributed by atoms with Crippen molar-refractivity contribution in [3.63, 3.8) is 0 Å². The van der Waals surface area contributed by atoms with Gasteiger partial charge in [0, 0.05) is 18.1 Å². The number of halogens is 1.